The third kappa shape index (κ3) is 3.81. The molecule has 0 radical (unpaired) electrons. The van der Waals surface area contributed by atoms with E-state index in [-0.39, 0.29) is 0 Å². The number of hydrogen-bond donors (Lipinski definition) is 0. The molecule has 44 heavy (non-hydrogen) atoms. The van der Waals surface area contributed by atoms with Crippen LogP contribution >= 0.6 is 0 Å². The van der Waals surface area contributed by atoms with Crippen molar-refractivity contribution < 1.29 is 0 Å². The van der Waals surface area contributed by atoms with Crippen LogP contribution in [0.2, 0.25) is 0 Å². The molecule has 1 aliphatic carbocycles. The maximum Gasteiger partial charge on any atom is 0.0725 e. The Bertz CT molecular complexity index is 2430. The van der Waals surface area contributed by atoms with Gasteiger partial charge in [0.25, 0.3) is 0 Å². The van der Waals surface area contributed by atoms with Crippen molar-refractivity contribution in [3.63, 3.8) is 0 Å². The van der Waals surface area contributed by atoms with Gasteiger partial charge in [0.2, 0.25) is 0 Å². The van der Waals surface area contributed by atoms with Crippen LogP contribution in [0.25, 0.3) is 77.5 Å². The lowest BCUT2D eigenvalue weighted by Crippen LogP contribution is -1.97. The van der Waals surface area contributed by atoms with Crippen molar-refractivity contribution in [2.75, 3.05) is 0 Å². The summed E-state index contributed by atoms with van der Waals surface area (Å²) in [6.45, 7) is 0. The van der Waals surface area contributed by atoms with Crippen molar-refractivity contribution in [3.05, 3.63) is 134 Å². The predicted molar refractivity (Wildman–Crippen MR) is 178 cm³/mol. The van der Waals surface area contributed by atoms with Gasteiger partial charge in [-0.15, -0.1) is 0 Å². The number of pyridine rings is 4. The van der Waals surface area contributed by atoms with Crippen LogP contribution in [0.15, 0.2) is 134 Å². The molecule has 8 aromatic rings. The molecule has 1 aliphatic rings. The Hall–Kier alpha value is -5.88. The number of benzene rings is 2. The van der Waals surface area contributed by atoms with E-state index < -0.39 is 0 Å². The first-order valence-electron chi connectivity index (χ1n) is 14.9. The van der Waals surface area contributed by atoms with Gasteiger partial charge in [0, 0.05) is 56.4 Å². The van der Waals surface area contributed by atoms with Gasteiger partial charge in [-0.05, 0) is 55.3 Å². The second-order valence-corrected chi connectivity index (χ2v) is 11.2. The monoisotopic (exact) mass is 566 g/mol. The molecule has 0 saturated carbocycles. The van der Waals surface area contributed by atoms with Gasteiger partial charge in [0.15, 0.2) is 0 Å². The first-order valence-corrected chi connectivity index (χ1v) is 14.9. The largest absolute Gasteiger partial charge is 0.306 e. The fourth-order valence-corrected chi connectivity index (χ4v) is 6.55. The van der Waals surface area contributed by atoms with Gasteiger partial charge >= 0.3 is 0 Å². The summed E-state index contributed by atoms with van der Waals surface area (Å²) in [4.78, 5) is 18.7. The van der Waals surface area contributed by atoms with E-state index in [1.54, 1.807) is 0 Å². The molecule has 0 atom stereocenters. The summed E-state index contributed by atoms with van der Waals surface area (Å²) in [5.74, 6) is 0. The van der Waals surface area contributed by atoms with Crippen LogP contribution in [0.4, 0.5) is 0 Å². The second-order valence-electron chi connectivity index (χ2n) is 11.2. The third-order valence-corrected chi connectivity index (χ3v) is 8.63. The van der Waals surface area contributed by atoms with Gasteiger partial charge in [-0.1, -0.05) is 54.6 Å². The maximum atomic E-state index is 4.92. The lowest BCUT2D eigenvalue weighted by atomic mass is 10.0. The van der Waals surface area contributed by atoms with E-state index in [0.29, 0.717) is 0 Å². The van der Waals surface area contributed by atoms with Crippen LogP contribution in [0.5, 0.6) is 0 Å². The van der Waals surface area contributed by atoms with E-state index in [4.69, 9.17) is 9.97 Å². The molecule has 0 saturated heterocycles. The van der Waals surface area contributed by atoms with Gasteiger partial charge in [0.05, 0.1) is 58.2 Å². The highest BCUT2D eigenvalue weighted by Gasteiger charge is 2.17. The van der Waals surface area contributed by atoms with E-state index in [0.717, 1.165) is 73.9 Å². The number of nitrogens with zero attached hydrogens (tertiary/aromatic N) is 6. The number of allylic oxidation sites excluding steroid dienone is 4. The normalized spacial score (nSPS) is 13.3. The number of fused-ring (bicyclic) bond motifs is 6. The van der Waals surface area contributed by atoms with E-state index in [1.807, 2.05) is 43.2 Å². The molecule has 0 amide bonds. The Balaban J connectivity index is 1.12. The quantitative estimate of drug-likeness (QED) is 0.213. The second kappa shape index (κ2) is 9.85. The van der Waals surface area contributed by atoms with Crippen molar-refractivity contribution in [3.8, 4) is 28.2 Å². The Morgan fingerprint density at radius 3 is 1.68 bits per heavy atom. The Kier molecular flexibility index (Phi) is 5.53. The highest BCUT2D eigenvalue weighted by molar-refractivity contribution is 6.11. The third-order valence-electron chi connectivity index (χ3n) is 8.63. The van der Waals surface area contributed by atoms with E-state index in [1.165, 1.54) is 16.5 Å². The molecule has 6 nitrogen and oxygen atoms in total. The highest BCUT2D eigenvalue weighted by Crippen LogP contribution is 2.36. The SMILES string of the molecule is C1=CC(n2c3cnccc3c3cc(-c4ccc(-c5cc6c7ccncc7n(-c7ccccc7)c6cn5)cc4)ncc32)=CCC1. The predicted octanol–water partition coefficient (Wildman–Crippen LogP) is 9.00. The minimum absolute atomic E-state index is 0.931. The molecule has 6 aromatic heterocycles. The Labute approximate surface area is 253 Å². The van der Waals surface area contributed by atoms with Crippen LogP contribution in [-0.2, 0) is 0 Å². The van der Waals surface area contributed by atoms with Crippen molar-refractivity contribution in [1.29, 1.82) is 0 Å². The Morgan fingerprint density at radius 2 is 1.09 bits per heavy atom. The summed E-state index contributed by atoms with van der Waals surface area (Å²) in [7, 11) is 0. The summed E-state index contributed by atoms with van der Waals surface area (Å²) < 4.78 is 4.51. The molecular formula is C38H26N6. The number of rotatable bonds is 4. The first kappa shape index (κ1) is 24.7. The average Bonchev–Trinajstić information content (AvgIpc) is 3.61. The van der Waals surface area contributed by atoms with Crippen LogP contribution in [-0.4, -0.2) is 29.1 Å². The first-order chi connectivity index (χ1) is 21.8. The Morgan fingerprint density at radius 1 is 0.523 bits per heavy atom. The van der Waals surface area contributed by atoms with Gasteiger partial charge in [-0.25, -0.2) is 0 Å². The van der Waals surface area contributed by atoms with Crippen LogP contribution in [0.1, 0.15) is 12.8 Å². The molecule has 0 bridgehead atoms. The van der Waals surface area contributed by atoms with Crippen molar-refractivity contribution in [2.24, 2.45) is 0 Å². The van der Waals surface area contributed by atoms with Crippen LogP contribution in [0.3, 0.4) is 0 Å². The number of hydrogen-bond acceptors (Lipinski definition) is 4. The fourth-order valence-electron chi connectivity index (χ4n) is 6.55. The van der Waals surface area contributed by atoms with Crippen LogP contribution in [0, 0.1) is 0 Å². The number of aromatic nitrogens is 6. The van der Waals surface area contributed by atoms with Crippen LogP contribution < -0.4 is 0 Å². The molecular weight excluding hydrogens is 540 g/mol. The summed E-state index contributed by atoms with van der Waals surface area (Å²) in [5.41, 5.74) is 10.6. The zero-order valence-corrected chi connectivity index (χ0v) is 23.8. The molecule has 0 unspecified atom stereocenters. The molecule has 0 spiro atoms. The molecule has 0 aliphatic heterocycles. The molecule has 9 rings (SSSR count). The minimum Gasteiger partial charge on any atom is -0.306 e. The summed E-state index contributed by atoms with van der Waals surface area (Å²) in [6, 6.07) is 27.5. The molecule has 0 fully saturated rings. The molecule has 2 aromatic carbocycles. The molecule has 6 heteroatoms. The van der Waals surface area contributed by atoms with E-state index >= 15 is 0 Å². The lowest BCUT2D eigenvalue weighted by Gasteiger charge is -2.11. The van der Waals surface area contributed by atoms with Crippen molar-refractivity contribution >= 4 is 49.3 Å². The summed E-state index contributed by atoms with van der Waals surface area (Å²) in [5, 5.41) is 4.66. The van der Waals surface area contributed by atoms with E-state index in [2.05, 4.69) is 110 Å². The van der Waals surface area contributed by atoms with E-state index in [9.17, 15) is 0 Å². The smallest absolute Gasteiger partial charge is 0.0725 e. The minimum atomic E-state index is 0.931. The van der Waals surface area contributed by atoms with Crippen molar-refractivity contribution in [1.82, 2.24) is 29.1 Å². The molecule has 208 valence electrons. The van der Waals surface area contributed by atoms with Gasteiger partial charge < -0.3 is 9.13 Å². The standard InChI is InChI=1S/C38H26N6/c1-3-7-27(8-4-1)43-35-21-39-17-15-29(35)31-19-33(41-23-37(31)43)25-11-13-26(14-12-25)34-20-32-30-16-18-40-22-36(30)44(38(32)24-42-34)28-9-5-2-6-10-28/h1,3-5,7-24H,2,6H2. The summed E-state index contributed by atoms with van der Waals surface area (Å²) >= 11 is 0. The maximum absolute atomic E-state index is 4.92. The van der Waals surface area contributed by atoms with Gasteiger partial charge in [-0.2, -0.15) is 0 Å². The molecule has 0 N–H and O–H groups in total. The number of para-hydroxylation sites is 1. The summed E-state index contributed by atoms with van der Waals surface area (Å²) in [6.07, 6.45) is 20.4. The lowest BCUT2D eigenvalue weighted by molar-refractivity contribution is 1.02. The van der Waals surface area contributed by atoms with Gasteiger partial charge in [-0.3, -0.25) is 19.9 Å². The zero-order chi connectivity index (χ0) is 29.0. The fraction of sp³-hybridized carbons (Fsp3) is 0.0526. The average molecular weight is 567 g/mol. The van der Waals surface area contributed by atoms with Gasteiger partial charge in [0.1, 0.15) is 0 Å². The highest BCUT2D eigenvalue weighted by atomic mass is 15.0. The molecule has 6 heterocycles. The van der Waals surface area contributed by atoms with Crippen molar-refractivity contribution in [2.45, 2.75) is 12.8 Å². The topological polar surface area (TPSA) is 61.4 Å². The zero-order valence-electron chi connectivity index (χ0n) is 23.8.